The second kappa shape index (κ2) is 7.58. The molecule has 1 aromatic heterocycles. The van der Waals surface area contributed by atoms with Crippen molar-refractivity contribution >= 4 is 21.5 Å². The van der Waals surface area contributed by atoms with Crippen LogP contribution >= 0.6 is 0 Å². The zero-order valence-electron chi connectivity index (χ0n) is 14.9. The Labute approximate surface area is 162 Å². The number of sulfone groups is 1. The number of furan rings is 1. The summed E-state index contributed by atoms with van der Waals surface area (Å²) in [5.41, 5.74) is 1.01. The van der Waals surface area contributed by atoms with E-state index in [1.165, 1.54) is 37.8 Å². The van der Waals surface area contributed by atoms with Crippen molar-refractivity contribution in [1.82, 2.24) is 0 Å². The third-order valence-electron chi connectivity index (χ3n) is 4.24. The van der Waals surface area contributed by atoms with Crippen LogP contribution in [0.25, 0.3) is 11.1 Å². The molecule has 0 aliphatic carbocycles. The van der Waals surface area contributed by atoms with Crippen molar-refractivity contribution in [2.45, 2.75) is 10.6 Å². The monoisotopic (exact) mass is 396 g/mol. The second-order valence-corrected chi connectivity index (χ2v) is 8.03. The fourth-order valence-electron chi connectivity index (χ4n) is 2.96. The predicted molar refractivity (Wildman–Crippen MR) is 102 cm³/mol. The molecule has 0 bridgehead atoms. The number of benzene rings is 2. The minimum absolute atomic E-state index is 0.0976. The van der Waals surface area contributed by atoms with E-state index in [9.17, 15) is 23.6 Å². The second-order valence-electron chi connectivity index (χ2n) is 6.04. The molecule has 28 heavy (non-hydrogen) atoms. The number of nitriles is 1. The van der Waals surface area contributed by atoms with E-state index in [0.29, 0.717) is 11.1 Å². The fraction of sp³-hybridized carbons (Fsp3) is 0.100. The van der Waals surface area contributed by atoms with Crippen molar-refractivity contribution in [2.75, 3.05) is 11.9 Å². The topological polar surface area (TPSA) is 112 Å². The Morgan fingerprint density at radius 3 is 2.46 bits per heavy atom. The molecule has 0 amide bonds. The van der Waals surface area contributed by atoms with Crippen molar-refractivity contribution in [2.24, 2.45) is 0 Å². The van der Waals surface area contributed by atoms with E-state index >= 15 is 0 Å². The van der Waals surface area contributed by atoms with E-state index in [1.54, 1.807) is 30.3 Å². The maximum absolute atomic E-state index is 12.8. The van der Waals surface area contributed by atoms with Gasteiger partial charge in [-0.2, -0.15) is 5.26 Å². The summed E-state index contributed by atoms with van der Waals surface area (Å²) in [6, 6.07) is 12.5. The van der Waals surface area contributed by atoms with Crippen molar-refractivity contribution in [3.63, 3.8) is 0 Å². The van der Waals surface area contributed by atoms with Gasteiger partial charge in [-0.1, -0.05) is 30.3 Å². The first-order valence-corrected chi connectivity index (χ1v) is 9.83. The Hall–Kier alpha value is -3.57. The SMILES string of the molecule is CN(C#N)c1c(-c2ccoc2)ccc(CS(=O)(=O)c2ccccc2)c1C(=O)O. The number of aromatic carboxylic acids is 1. The van der Waals surface area contributed by atoms with Crippen molar-refractivity contribution in [3.8, 4) is 17.3 Å². The molecule has 0 unspecified atom stereocenters. The summed E-state index contributed by atoms with van der Waals surface area (Å²) in [7, 11) is -2.35. The van der Waals surface area contributed by atoms with E-state index in [4.69, 9.17) is 4.42 Å². The molecule has 0 fully saturated rings. The number of anilines is 1. The summed E-state index contributed by atoms with van der Waals surface area (Å²) >= 11 is 0. The van der Waals surface area contributed by atoms with Crippen LogP contribution in [-0.2, 0) is 15.6 Å². The molecule has 7 nitrogen and oxygen atoms in total. The molecule has 3 rings (SSSR count). The van der Waals surface area contributed by atoms with Gasteiger partial charge in [0.25, 0.3) is 0 Å². The molecule has 0 spiro atoms. The molecule has 2 aromatic carbocycles. The maximum Gasteiger partial charge on any atom is 0.338 e. The van der Waals surface area contributed by atoms with Crippen LogP contribution in [0.5, 0.6) is 0 Å². The number of nitrogens with zero attached hydrogens (tertiary/aromatic N) is 2. The van der Waals surface area contributed by atoms with E-state index < -0.39 is 21.6 Å². The molecule has 8 heteroatoms. The predicted octanol–water partition coefficient (Wildman–Crippen LogP) is 3.54. The summed E-state index contributed by atoms with van der Waals surface area (Å²) in [4.78, 5) is 13.3. The Balaban J connectivity index is 2.21. The first kappa shape index (κ1) is 19.2. The first-order chi connectivity index (χ1) is 13.3. The van der Waals surface area contributed by atoms with Crippen molar-refractivity contribution in [3.05, 3.63) is 72.2 Å². The zero-order chi connectivity index (χ0) is 20.3. The van der Waals surface area contributed by atoms with Gasteiger partial charge in [-0.05, 0) is 23.8 Å². The molecule has 0 saturated carbocycles. The number of hydrogen-bond donors (Lipinski definition) is 1. The molecule has 0 radical (unpaired) electrons. The average Bonchev–Trinajstić information content (AvgIpc) is 3.21. The van der Waals surface area contributed by atoms with E-state index in [-0.39, 0.29) is 21.7 Å². The van der Waals surface area contributed by atoms with Gasteiger partial charge in [0.1, 0.15) is 0 Å². The molecule has 0 aliphatic rings. The summed E-state index contributed by atoms with van der Waals surface area (Å²) in [5, 5.41) is 19.2. The minimum Gasteiger partial charge on any atom is -0.478 e. The molecular formula is C20H16N2O5S. The molecular weight excluding hydrogens is 380 g/mol. The van der Waals surface area contributed by atoms with Crippen LogP contribution in [-0.4, -0.2) is 26.5 Å². The van der Waals surface area contributed by atoms with Gasteiger partial charge in [0.2, 0.25) is 0 Å². The standard InChI is InChI=1S/C20H16N2O5S/c1-22(13-21)19-17(14-9-10-27-11-14)8-7-15(18(19)20(23)24)12-28(25,26)16-5-3-2-4-6-16/h2-11H,12H2,1H3,(H,23,24). The highest BCUT2D eigenvalue weighted by atomic mass is 32.2. The molecule has 1 N–H and O–H groups in total. The zero-order valence-corrected chi connectivity index (χ0v) is 15.7. The molecule has 3 aromatic rings. The van der Waals surface area contributed by atoms with E-state index in [0.717, 1.165) is 4.90 Å². The highest BCUT2D eigenvalue weighted by Crippen LogP contribution is 2.37. The van der Waals surface area contributed by atoms with Crippen LogP contribution in [0.1, 0.15) is 15.9 Å². The van der Waals surface area contributed by atoms with Gasteiger partial charge in [0, 0.05) is 18.2 Å². The Morgan fingerprint density at radius 1 is 1.18 bits per heavy atom. The van der Waals surface area contributed by atoms with Crippen LogP contribution in [0.4, 0.5) is 5.69 Å². The lowest BCUT2D eigenvalue weighted by Gasteiger charge is -2.20. The number of carboxylic acid groups (broad SMARTS) is 1. The lowest BCUT2D eigenvalue weighted by molar-refractivity contribution is 0.0697. The van der Waals surface area contributed by atoms with Gasteiger partial charge < -0.3 is 9.52 Å². The summed E-state index contributed by atoms with van der Waals surface area (Å²) < 4.78 is 30.6. The van der Waals surface area contributed by atoms with Crippen LogP contribution in [0, 0.1) is 11.5 Å². The third kappa shape index (κ3) is 3.61. The lowest BCUT2D eigenvalue weighted by Crippen LogP contribution is -2.18. The van der Waals surface area contributed by atoms with E-state index in [1.807, 2.05) is 6.19 Å². The van der Waals surface area contributed by atoms with Crippen LogP contribution in [0.3, 0.4) is 0 Å². The third-order valence-corrected chi connectivity index (χ3v) is 5.92. The summed E-state index contributed by atoms with van der Waals surface area (Å²) in [6.07, 6.45) is 4.75. The summed E-state index contributed by atoms with van der Waals surface area (Å²) in [6.45, 7) is 0. The number of carbonyl (C=O) groups is 1. The number of carboxylic acids is 1. The van der Waals surface area contributed by atoms with Crippen molar-refractivity contribution in [1.29, 1.82) is 5.26 Å². The van der Waals surface area contributed by atoms with Gasteiger partial charge in [0.05, 0.1) is 34.4 Å². The molecule has 1 heterocycles. The van der Waals surface area contributed by atoms with Gasteiger partial charge in [0.15, 0.2) is 16.0 Å². The molecule has 0 aliphatic heterocycles. The van der Waals surface area contributed by atoms with Crippen molar-refractivity contribution < 1.29 is 22.7 Å². The quantitative estimate of drug-likeness (QED) is 0.501. The Morgan fingerprint density at radius 2 is 1.89 bits per heavy atom. The minimum atomic E-state index is -3.77. The molecule has 0 atom stereocenters. The molecule has 142 valence electrons. The van der Waals surface area contributed by atoms with Gasteiger partial charge in [-0.25, -0.2) is 13.2 Å². The normalized spacial score (nSPS) is 11.0. The average molecular weight is 396 g/mol. The smallest absolute Gasteiger partial charge is 0.338 e. The molecule has 0 saturated heterocycles. The maximum atomic E-state index is 12.8. The van der Waals surface area contributed by atoms with E-state index in [2.05, 4.69) is 0 Å². The lowest BCUT2D eigenvalue weighted by atomic mass is 9.97. The van der Waals surface area contributed by atoms with Crippen LogP contribution < -0.4 is 4.90 Å². The highest BCUT2D eigenvalue weighted by molar-refractivity contribution is 7.90. The van der Waals surface area contributed by atoms with Crippen LogP contribution in [0.15, 0.2) is 70.4 Å². The van der Waals surface area contributed by atoms with Gasteiger partial charge in [-0.3, -0.25) is 4.90 Å². The fourth-order valence-corrected chi connectivity index (χ4v) is 4.35. The van der Waals surface area contributed by atoms with Gasteiger partial charge >= 0.3 is 5.97 Å². The Kier molecular flexibility index (Phi) is 5.20. The number of rotatable bonds is 6. The first-order valence-electron chi connectivity index (χ1n) is 8.18. The van der Waals surface area contributed by atoms with Gasteiger partial charge in [-0.15, -0.1) is 0 Å². The highest BCUT2D eigenvalue weighted by Gasteiger charge is 2.26. The van der Waals surface area contributed by atoms with Crippen LogP contribution in [0.2, 0.25) is 0 Å². The summed E-state index contributed by atoms with van der Waals surface area (Å²) in [5.74, 6) is -1.82. The largest absolute Gasteiger partial charge is 0.478 e. The number of hydrogen-bond acceptors (Lipinski definition) is 6. The Bertz CT molecular complexity index is 1150.